The number of nitro benzene ring substituents is 1. The molecular weight excluding hydrogens is 460 g/mol. The Kier molecular flexibility index (Phi) is 6.78. The number of carbonyl (C=O) groups excluding carboxylic acids is 1. The predicted octanol–water partition coefficient (Wildman–Crippen LogP) is 4.93. The maximum absolute atomic E-state index is 12.2. The zero-order chi connectivity index (χ0) is 20.8. The summed E-state index contributed by atoms with van der Waals surface area (Å²) in [6, 6.07) is 11.9. The van der Waals surface area contributed by atoms with E-state index in [4.69, 9.17) is 4.74 Å². The van der Waals surface area contributed by atoms with Gasteiger partial charge in [-0.25, -0.2) is 4.98 Å². The lowest BCUT2D eigenvalue weighted by molar-refractivity contribution is -0.384. The molecule has 0 unspecified atom stereocenters. The second kappa shape index (κ2) is 9.48. The summed E-state index contributed by atoms with van der Waals surface area (Å²) < 4.78 is 6.04. The van der Waals surface area contributed by atoms with Crippen LogP contribution in [0.15, 0.2) is 52.3 Å². The van der Waals surface area contributed by atoms with Gasteiger partial charge in [0.25, 0.3) is 5.69 Å². The highest BCUT2D eigenvalue weighted by atomic mass is 79.9. The third kappa shape index (κ3) is 5.30. The first-order valence-electron chi connectivity index (χ1n) is 8.54. The summed E-state index contributed by atoms with van der Waals surface area (Å²) in [6.45, 7) is 0.264. The number of rotatable bonds is 8. The molecule has 2 aromatic carbocycles. The van der Waals surface area contributed by atoms with Crippen LogP contribution in [0.5, 0.6) is 5.75 Å². The van der Waals surface area contributed by atoms with Crippen LogP contribution in [0, 0.1) is 10.1 Å². The highest BCUT2D eigenvalue weighted by molar-refractivity contribution is 9.10. The van der Waals surface area contributed by atoms with Crippen LogP contribution in [0.2, 0.25) is 0 Å². The standard InChI is InChI=1S/C19H17BrN4O4S/c1-28-17-7-6-12(10-13(17)20)15-11-29-19(22-15)23-18(25)8-9-21-14-4-2-3-5-16(14)24(26)27/h2-7,10-11,21H,8-9H2,1H3,(H,22,23,25). The predicted molar refractivity (Wildman–Crippen MR) is 117 cm³/mol. The van der Waals surface area contributed by atoms with E-state index in [1.54, 1.807) is 25.3 Å². The van der Waals surface area contributed by atoms with Crippen LogP contribution < -0.4 is 15.4 Å². The second-order valence-electron chi connectivity index (χ2n) is 5.89. The molecule has 0 aliphatic heterocycles. The second-order valence-corrected chi connectivity index (χ2v) is 7.60. The van der Waals surface area contributed by atoms with Gasteiger partial charge in [-0.3, -0.25) is 14.9 Å². The molecule has 10 heteroatoms. The Hall–Kier alpha value is -2.98. The SMILES string of the molecule is COc1ccc(-c2csc(NC(=O)CCNc3ccccc3[N+](=O)[O-])n2)cc1Br. The summed E-state index contributed by atoms with van der Waals surface area (Å²) in [5.41, 5.74) is 1.99. The van der Waals surface area contributed by atoms with E-state index in [0.29, 0.717) is 10.8 Å². The fraction of sp³-hybridized carbons (Fsp3) is 0.158. The van der Waals surface area contributed by atoms with Crippen molar-refractivity contribution in [1.29, 1.82) is 0 Å². The van der Waals surface area contributed by atoms with Crippen molar-refractivity contribution in [2.75, 3.05) is 24.3 Å². The number of nitro groups is 1. The lowest BCUT2D eigenvalue weighted by Crippen LogP contribution is -2.16. The average molecular weight is 477 g/mol. The first-order valence-corrected chi connectivity index (χ1v) is 10.2. The highest BCUT2D eigenvalue weighted by Gasteiger charge is 2.13. The van der Waals surface area contributed by atoms with Crippen molar-refractivity contribution in [2.24, 2.45) is 0 Å². The summed E-state index contributed by atoms with van der Waals surface area (Å²) in [5, 5.41) is 19.0. The van der Waals surface area contributed by atoms with Gasteiger partial charge < -0.3 is 15.4 Å². The number of thiazole rings is 1. The first-order chi connectivity index (χ1) is 14.0. The highest BCUT2D eigenvalue weighted by Crippen LogP contribution is 2.32. The van der Waals surface area contributed by atoms with Gasteiger partial charge in [-0.2, -0.15) is 0 Å². The number of nitrogens with one attached hydrogen (secondary N) is 2. The van der Waals surface area contributed by atoms with Crippen LogP contribution in [0.25, 0.3) is 11.3 Å². The fourth-order valence-electron chi connectivity index (χ4n) is 2.56. The third-order valence-corrected chi connectivity index (χ3v) is 5.34. The summed E-state index contributed by atoms with van der Waals surface area (Å²) in [5.74, 6) is 0.497. The van der Waals surface area contributed by atoms with E-state index >= 15 is 0 Å². The molecule has 0 aliphatic carbocycles. The quantitative estimate of drug-likeness (QED) is 0.352. The lowest BCUT2D eigenvalue weighted by Gasteiger charge is -2.06. The Bertz CT molecular complexity index is 1040. The molecule has 29 heavy (non-hydrogen) atoms. The van der Waals surface area contributed by atoms with Crippen molar-refractivity contribution in [1.82, 2.24) is 4.98 Å². The van der Waals surface area contributed by atoms with Crippen molar-refractivity contribution in [3.8, 4) is 17.0 Å². The van der Waals surface area contributed by atoms with Crippen molar-refractivity contribution < 1.29 is 14.5 Å². The van der Waals surface area contributed by atoms with E-state index in [0.717, 1.165) is 21.5 Å². The van der Waals surface area contributed by atoms with Gasteiger partial charge in [-0.1, -0.05) is 12.1 Å². The van der Waals surface area contributed by atoms with Gasteiger partial charge in [0.2, 0.25) is 5.91 Å². The summed E-state index contributed by atoms with van der Waals surface area (Å²) in [4.78, 5) is 27.1. The minimum atomic E-state index is -0.461. The van der Waals surface area contributed by atoms with E-state index in [9.17, 15) is 14.9 Å². The van der Waals surface area contributed by atoms with Crippen LogP contribution in [-0.2, 0) is 4.79 Å². The number of aromatic nitrogens is 1. The van der Waals surface area contributed by atoms with Crippen molar-refractivity contribution in [2.45, 2.75) is 6.42 Å². The number of nitrogens with zero attached hydrogens (tertiary/aromatic N) is 2. The zero-order valence-electron chi connectivity index (χ0n) is 15.3. The number of ether oxygens (including phenoxy) is 1. The molecule has 2 N–H and O–H groups in total. The van der Waals surface area contributed by atoms with E-state index in [1.165, 1.54) is 17.4 Å². The molecule has 1 aromatic heterocycles. The van der Waals surface area contributed by atoms with Gasteiger partial charge >= 0.3 is 0 Å². The fourth-order valence-corrected chi connectivity index (χ4v) is 3.84. The number of halogens is 1. The van der Waals surface area contributed by atoms with Crippen LogP contribution in [0.4, 0.5) is 16.5 Å². The Balaban J connectivity index is 1.56. The molecule has 1 amide bonds. The van der Waals surface area contributed by atoms with Gasteiger partial charge in [-0.15, -0.1) is 11.3 Å². The van der Waals surface area contributed by atoms with E-state index in [1.807, 2.05) is 23.6 Å². The Morgan fingerprint density at radius 1 is 1.31 bits per heavy atom. The normalized spacial score (nSPS) is 10.4. The van der Waals surface area contributed by atoms with E-state index < -0.39 is 4.92 Å². The van der Waals surface area contributed by atoms with Crippen LogP contribution in [0.1, 0.15) is 6.42 Å². The Labute approximate surface area is 179 Å². The number of hydrogen-bond donors (Lipinski definition) is 2. The largest absolute Gasteiger partial charge is 0.496 e. The molecule has 1 heterocycles. The van der Waals surface area contributed by atoms with Gasteiger partial charge in [0, 0.05) is 30.0 Å². The molecule has 150 valence electrons. The van der Waals surface area contributed by atoms with Gasteiger partial charge in [0.1, 0.15) is 11.4 Å². The van der Waals surface area contributed by atoms with Crippen LogP contribution >= 0.6 is 27.3 Å². The molecule has 3 rings (SSSR count). The smallest absolute Gasteiger partial charge is 0.292 e. The zero-order valence-corrected chi connectivity index (χ0v) is 17.7. The van der Waals surface area contributed by atoms with Crippen molar-refractivity contribution >= 4 is 49.7 Å². The van der Waals surface area contributed by atoms with Crippen LogP contribution in [-0.4, -0.2) is 29.5 Å². The number of amides is 1. The molecule has 0 radical (unpaired) electrons. The number of hydrogen-bond acceptors (Lipinski definition) is 7. The molecule has 8 nitrogen and oxygen atoms in total. The third-order valence-electron chi connectivity index (χ3n) is 3.97. The minimum absolute atomic E-state index is 0.0249. The molecule has 0 spiro atoms. The minimum Gasteiger partial charge on any atom is -0.496 e. The topological polar surface area (TPSA) is 106 Å². The summed E-state index contributed by atoms with van der Waals surface area (Å²) in [7, 11) is 1.60. The summed E-state index contributed by atoms with van der Waals surface area (Å²) in [6.07, 6.45) is 0.148. The van der Waals surface area contributed by atoms with E-state index in [2.05, 4.69) is 31.5 Å². The number of methoxy groups -OCH3 is 1. The number of para-hydroxylation sites is 2. The van der Waals surface area contributed by atoms with Crippen molar-refractivity contribution in [3.63, 3.8) is 0 Å². The first kappa shape index (κ1) is 20.7. The van der Waals surface area contributed by atoms with Gasteiger partial charge in [0.05, 0.1) is 22.2 Å². The van der Waals surface area contributed by atoms with Crippen LogP contribution in [0.3, 0.4) is 0 Å². The molecule has 3 aromatic rings. The Morgan fingerprint density at radius 3 is 2.83 bits per heavy atom. The van der Waals surface area contributed by atoms with Gasteiger partial charge in [-0.05, 0) is 40.2 Å². The Morgan fingerprint density at radius 2 is 2.10 bits per heavy atom. The summed E-state index contributed by atoms with van der Waals surface area (Å²) >= 11 is 4.77. The van der Waals surface area contributed by atoms with Gasteiger partial charge in [0.15, 0.2) is 5.13 Å². The number of benzene rings is 2. The molecule has 0 atom stereocenters. The number of anilines is 2. The molecular formula is C19H17BrN4O4S. The molecule has 0 saturated carbocycles. The number of carbonyl (C=O) groups is 1. The molecule has 0 saturated heterocycles. The maximum atomic E-state index is 12.2. The monoisotopic (exact) mass is 476 g/mol. The molecule has 0 bridgehead atoms. The lowest BCUT2D eigenvalue weighted by atomic mass is 10.2. The molecule has 0 aliphatic rings. The molecule has 0 fully saturated rings. The van der Waals surface area contributed by atoms with E-state index in [-0.39, 0.29) is 24.6 Å². The average Bonchev–Trinajstić information content (AvgIpc) is 3.16. The van der Waals surface area contributed by atoms with Crippen molar-refractivity contribution in [3.05, 3.63) is 62.4 Å². The maximum Gasteiger partial charge on any atom is 0.292 e.